The van der Waals surface area contributed by atoms with E-state index in [-0.39, 0.29) is 11.4 Å². The van der Waals surface area contributed by atoms with Crippen LogP contribution in [0.5, 0.6) is 0 Å². The van der Waals surface area contributed by atoms with Crippen LogP contribution in [0.25, 0.3) is 16.6 Å². The molecule has 0 saturated carbocycles. The molecule has 144 valence electrons. The van der Waals surface area contributed by atoms with E-state index in [0.717, 1.165) is 33.5 Å². The van der Waals surface area contributed by atoms with Gasteiger partial charge in [0.25, 0.3) is 5.56 Å². The summed E-state index contributed by atoms with van der Waals surface area (Å²) in [5.41, 5.74) is 4.46. The van der Waals surface area contributed by atoms with Crippen molar-refractivity contribution >= 4 is 10.9 Å². The topological polar surface area (TPSA) is 46.0 Å². The van der Waals surface area contributed by atoms with Crippen molar-refractivity contribution in [3.05, 3.63) is 87.7 Å². The fourth-order valence-corrected chi connectivity index (χ4v) is 3.67. The van der Waals surface area contributed by atoms with Crippen LogP contribution in [-0.2, 0) is 20.1 Å². The van der Waals surface area contributed by atoms with Crippen LogP contribution in [-0.4, -0.2) is 26.3 Å². The summed E-state index contributed by atoms with van der Waals surface area (Å²) < 4.78 is 17.0. The highest BCUT2D eigenvalue weighted by Gasteiger charge is 2.17. The number of benzene rings is 2. The van der Waals surface area contributed by atoms with Crippen molar-refractivity contribution in [3.63, 3.8) is 0 Å². The van der Waals surface area contributed by atoms with Crippen molar-refractivity contribution in [2.45, 2.75) is 20.0 Å². The van der Waals surface area contributed by atoms with Crippen LogP contribution in [0.15, 0.2) is 59.4 Å². The number of halogens is 1. The highest BCUT2D eigenvalue weighted by molar-refractivity contribution is 5.80. The summed E-state index contributed by atoms with van der Waals surface area (Å²) in [6.07, 6.45) is 0. The highest BCUT2D eigenvalue weighted by Crippen LogP contribution is 2.18. The van der Waals surface area contributed by atoms with Gasteiger partial charge in [0.2, 0.25) is 0 Å². The zero-order valence-corrected chi connectivity index (χ0v) is 16.2. The molecule has 4 aromatic rings. The van der Waals surface area contributed by atoms with E-state index in [1.807, 2.05) is 62.1 Å². The van der Waals surface area contributed by atoms with Crippen LogP contribution in [0.1, 0.15) is 17.0 Å². The van der Waals surface area contributed by atoms with Gasteiger partial charge in [0.15, 0.2) is 0 Å². The Labute approximate surface area is 162 Å². The summed E-state index contributed by atoms with van der Waals surface area (Å²) >= 11 is 0. The lowest BCUT2D eigenvalue weighted by molar-refractivity contribution is 0.314. The molecule has 4 rings (SSSR count). The molecule has 0 aliphatic carbocycles. The third-order valence-corrected chi connectivity index (χ3v) is 5.18. The minimum Gasteiger partial charge on any atom is -0.357 e. The number of hydrogen-bond donors (Lipinski definition) is 1. The summed E-state index contributed by atoms with van der Waals surface area (Å²) in [6.45, 7) is 3.13. The molecule has 0 amide bonds. The van der Waals surface area contributed by atoms with Crippen molar-refractivity contribution in [1.29, 1.82) is 0 Å². The largest absolute Gasteiger partial charge is 0.357 e. The third-order valence-electron chi connectivity index (χ3n) is 5.18. The highest BCUT2D eigenvalue weighted by atomic mass is 19.1. The Hall–Kier alpha value is -3.12. The van der Waals surface area contributed by atoms with Gasteiger partial charge in [0.05, 0.1) is 11.3 Å². The van der Waals surface area contributed by atoms with Crippen molar-refractivity contribution in [2.24, 2.45) is 7.05 Å². The second-order valence-electron chi connectivity index (χ2n) is 7.24. The van der Waals surface area contributed by atoms with E-state index in [0.29, 0.717) is 13.1 Å². The Morgan fingerprint density at radius 2 is 1.82 bits per heavy atom. The van der Waals surface area contributed by atoms with Gasteiger partial charge in [-0.15, -0.1) is 0 Å². The summed E-state index contributed by atoms with van der Waals surface area (Å²) in [6, 6.07) is 16.3. The van der Waals surface area contributed by atoms with E-state index < -0.39 is 0 Å². The maximum absolute atomic E-state index is 13.4. The molecule has 0 bridgehead atoms. The average Bonchev–Trinajstić information content (AvgIpc) is 3.15. The van der Waals surface area contributed by atoms with E-state index >= 15 is 0 Å². The number of fused-ring (bicyclic) bond motifs is 1. The number of nitrogens with one attached hydrogen (secondary N) is 1. The number of nitrogens with zero attached hydrogens (tertiary/aromatic N) is 3. The second-order valence-corrected chi connectivity index (χ2v) is 7.24. The maximum atomic E-state index is 13.4. The first-order chi connectivity index (χ1) is 13.4. The van der Waals surface area contributed by atoms with Gasteiger partial charge >= 0.3 is 0 Å². The van der Waals surface area contributed by atoms with E-state index in [1.54, 1.807) is 10.7 Å². The molecule has 0 fully saturated rings. The van der Waals surface area contributed by atoms with Gasteiger partial charge in [-0.25, -0.2) is 9.07 Å². The first kappa shape index (κ1) is 18.3. The molecule has 0 radical (unpaired) electrons. The van der Waals surface area contributed by atoms with Gasteiger partial charge in [0.1, 0.15) is 5.82 Å². The van der Waals surface area contributed by atoms with Gasteiger partial charge < -0.3 is 4.98 Å². The molecule has 2 heterocycles. The number of rotatable bonds is 5. The van der Waals surface area contributed by atoms with Crippen molar-refractivity contribution in [1.82, 2.24) is 19.2 Å². The Kier molecular flexibility index (Phi) is 4.65. The lowest BCUT2D eigenvalue weighted by Crippen LogP contribution is -2.25. The zero-order chi connectivity index (χ0) is 19.8. The summed E-state index contributed by atoms with van der Waals surface area (Å²) in [5.74, 6) is -0.243. The molecule has 2 aromatic carbocycles. The Balaban J connectivity index is 1.59. The summed E-state index contributed by atoms with van der Waals surface area (Å²) in [5, 5.41) is 0.853. The zero-order valence-electron chi connectivity index (χ0n) is 16.2. The quantitative estimate of drug-likeness (QED) is 0.575. The van der Waals surface area contributed by atoms with Crippen molar-refractivity contribution in [3.8, 4) is 5.69 Å². The summed E-state index contributed by atoms with van der Waals surface area (Å²) in [4.78, 5) is 18.4. The Morgan fingerprint density at radius 1 is 1.07 bits per heavy atom. The standard InChI is InChI=1S/C22H23FN4O/c1-15-20(22(28)27(26(15)3)19-7-5-4-6-8-19)14-25(2)13-18-12-16-11-17(23)9-10-21(16)24-18/h4-12,24H,13-14H2,1-3H3. The molecular formula is C22H23FN4O. The SMILES string of the molecule is Cc1c(CN(C)Cc2cc3cc(F)ccc3[nH]2)c(=O)n(-c2ccccc2)n1C. The van der Waals surface area contributed by atoms with Crippen LogP contribution in [0.4, 0.5) is 4.39 Å². The smallest absolute Gasteiger partial charge is 0.276 e. The average molecular weight is 378 g/mol. The predicted molar refractivity (Wildman–Crippen MR) is 109 cm³/mol. The lowest BCUT2D eigenvalue weighted by atomic mass is 10.2. The monoisotopic (exact) mass is 378 g/mol. The number of para-hydroxylation sites is 1. The Bertz CT molecular complexity index is 1190. The molecular weight excluding hydrogens is 355 g/mol. The van der Waals surface area contributed by atoms with E-state index in [9.17, 15) is 9.18 Å². The molecule has 0 atom stereocenters. The van der Waals surface area contributed by atoms with Crippen molar-refractivity contribution < 1.29 is 4.39 Å². The number of hydrogen-bond acceptors (Lipinski definition) is 2. The molecule has 0 saturated heterocycles. The molecule has 0 unspecified atom stereocenters. The molecule has 5 nitrogen and oxygen atoms in total. The molecule has 0 aliphatic rings. The van der Waals surface area contributed by atoms with E-state index in [2.05, 4.69) is 9.88 Å². The van der Waals surface area contributed by atoms with Gasteiger partial charge in [0, 0.05) is 42.4 Å². The van der Waals surface area contributed by atoms with E-state index in [1.165, 1.54) is 12.1 Å². The van der Waals surface area contributed by atoms with Gasteiger partial charge in [-0.05, 0) is 50.4 Å². The maximum Gasteiger partial charge on any atom is 0.276 e. The van der Waals surface area contributed by atoms with Crippen LogP contribution in [0, 0.1) is 12.7 Å². The lowest BCUT2D eigenvalue weighted by Gasteiger charge is -2.14. The minimum atomic E-state index is -0.243. The van der Waals surface area contributed by atoms with Crippen LogP contribution in [0.2, 0.25) is 0 Å². The predicted octanol–water partition coefficient (Wildman–Crippen LogP) is 3.74. The molecule has 0 aliphatic heterocycles. The van der Waals surface area contributed by atoms with E-state index in [4.69, 9.17) is 0 Å². The van der Waals surface area contributed by atoms with Crippen molar-refractivity contribution in [2.75, 3.05) is 7.05 Å². The number of aromatic amines is 1. The molecule has 1 N–H and O–H groups in total. The number of aromatic nitrogens is 3. The minimum absolute atomic E-state index is 0.00299. The normalized spacial score (nSPS) is 11.6. The summed E-state index contributed by atoms with van der Waals surface area (Å²) in [7, 11) is 3.88. The number of H-pyrrole nitrogens is 1. The second kappa shape index (κ2) is 7.13. The van der Waals surface area contributed by atoms with Crippen LogP contribution >= 0.6 is 0 Å². The third kappa shape index (κ3) is 3.27. The molecule has 28 heavy (non-hydrogen) atoms. The van der Waals surface area contributed by atoms with Crippen LogP contribution < -0.4 is 5.56 Å². The Morgan fingerprint density at radius 3 is 2.57 bits per heavy atom. The molecule has 6 heteroatoms. The first-order valence-electron chi connectivity index (χ1n) is 9.22. The van der Waals surface area contributed by atoms with Gasteiger partial charge in [-0.3, -0.25) is 14.4 Å². The van der Waals surface area contributed by atoms with Gasteiger partial charge in [-0.2, -0.15) is 0 Å². The fourth-order valence-electron chi connectivity index (χ4n) is 3.67. The molecule has 2 aromatic heterocycles. The van der Waals surface area contributed by atoms with Gasteiger partial charge in [-0.1, -0.05) is 18.2 Å². The molecule has 0 spiro atoms. The van der Waals surface area contributed by atoms with Crippen LogP contribution in [0.3, 0.4) is 0 Å². The first-order valence-corrected chi connectivity index (χ1v) is 9.22. The fraction of sp³-hybridized carbons (Fsp3) is 0.227.